The predicted molar refractivity (Wildman–Crippen MR) is 70.6 cm³/mol. The molecule has 2 N–H and O–H groups in total. The first-order valence-electron chi connectivity index (χ1n) is 6.74. The highest BCUT2D eigenvalue weighted by atomic mass is 16.6. The molecule has 19 heavy (non-hydrogen) atoms. The first-order valence-corrected chi connectivity index (χ1v) is 6.74. The van der Waals surface area contributed by atoms with E-state index in [0.717, 1.165) is 30.8 Å². The summed E-state index contributed by atoms with van der Waals surface area (Å²) < 4.78 is 1.93. The molecular weight excluding hydrogens is 244 g/mol. The van der Waals surface area contributed by atoms with E-state index in [4.69, 9.17) is 5.90 Å². The van der Waals surface area contributed by atoms with Gasteiger partial charge in [-0.2, -0.15) is 0 Å². The Balaban J connectivity index is 2.05. The molecule has 2 heterocycles. The summed E-state index contributed by atoms with van der Waals surface area (Å²) in [6.07, 6.45) is 4.65. The van der Waals surface area contributed by atoms with Crippen molar-refractivity contribution in [3.8, 4) is 0 Å². The van der Waals surface area contributed by atoms with Gasteiger partial charge in [0.25, 0.3) is 0 Å². The summed E-state index contributed by atoms with van der Waals surface area (Å²) in [6.45, 7) is 3.87. The van der Waals surface area contributed by atoms with E-state index in [0.29, 0.717) is 18.9 Å². The predicted octanol–water partition coefficient (Wildman–Crippen LogP) is 0.959. The van der Waals surface area contributed by atoms with Gasteiger partial charge in [-0.25, -0.2) is 10.9 Å². The fourth-order valence-electron chi connectivity index (χ4n) is 2.70. The summed E-state index contributed by atoms with van der Waals surface area (Å²) in [7, 11) is 1.92. The molecule has 0 bridgehead atoms. The van der Waals surface area contributed by atoms with Crippen LogP contribution in [0.5, 0.6) is 0 Å². The summed E-state index contributed by atoms with van der Waals surface area (Å²) in [4.78, 5) is 22.8. The molecule has 6 nitrogen and oxygen atoms in total. The standard InChI is InChI=1S/C13H22N4O2/c1-3-4-10-5-13(18)17(6-10)7-12-11(8-19-14)15-9-16(12)2/h9-10H,3-8,14H2,1-2H3. The highest BCUT2D eigenvalue weighted by molar-refractivity contribution is 5.78. The SMILES string of the molecule is CCCC1CC(=O)N(Cc2c(CON)ncn2C)C1. The Morgan fingerprint density at radius 1 is 1.58 bits per heavy atom. The molecule has 0 saturated carbocycles. The first kappa shape index (κ1) is 14.0. The van der Waals surface area contributed by atoms with Crippen molar-refractivity contribution in [2.24, 2.45) is 18.9 Å². The first-order chi connectivity index (χ1) is 9.15. The number of likely N-dealkylation sites (tertiary alicyclic amines) is 1. The number of aryl methyl sites for hydroxylation is 1. The maximum atomic E-state index is 12.0. The second-order valence-electron chi connectivity index (χ2n) is 5.19. The van der Waals surface area contributed by atoms with Crippen LogP contribution >= 0.6 is 0 Å². The molecule has 1 amide bonds. The van der Waals surface area contributed by atoms with Gasteiger partial charge in [-0.15, -0.1) is 0 Å². The van der Waals surface area contributed by atoms with Crippen molar-refractivity contribution in [2.45, 2.75) is 39.3 Å². The van der Waals surface area contributed by atoms with Crippen LogP contribution in [0.25, 0.3) is 0 Å². The lowest BCUT2D eigenvalue weighted by Crippen LogP contribution is -2.26. The minimum absolute atomic E-state index is 0.235. The molecule has 1 fully saturated rings. The van der Waals surface area contributed by atoms with Crippen molar-refractivity contribution < 1.29 is 9.63 Å². The van der Waals surface area contributed by atoms with Gasteiger partial charge in [-0.05, 0) is 12.3 Å². The van der Waals surface area contributed by atoms with E-state index in [2.05, 4.69) is 16.7 Å². The Morgan fingerprint density at radius 3 is 3.05 bits per heavy atom. The normalized spacial score (nSPS) is 19.4. The van der Waals surface area contributed by atoms with Crippen LogP contribution in [0.4, 0.5) is 0 Å². The second kappa shape index (κ2) is 6.16. The van der Waals surface area contributed by atoms with Gasteiger partial charge in [0.1, 0.15) is 6.61 Å². The molecule has 1 aliphatic heterocycles. The fraction of sp³-hybridized carbons (Fsp3) is 0.692. The molecule has 1 aromatic rings. The molecule has 1 atom stereocenters. The fourth-order valence-corrected chi connectivity index (χ4v) is 2.70. The number of carbonyl (C=O) groups excluding carboxylic acids is 1. The third-order valence-corrected chi connectivity index (χ3v) is 3.70. The van der Waals surface area contributed by atoms with E-state index in [1.165, 1.54) is 0 Å². The van der Waals surface area contributed by atoms with E-state index in [1.807, 2.05) is 16.5 Å². The van der Waals surface area contributed by atoms with E-state index >= 15 is 0 Å². The number of rotatable bonds is 6. The number of aromatic nitrogens is 2. The average molecular weight is 266 g/mol. The summed E-state index contributed by atoms with van der Waals surface area (Å²) in [6, 6.07) is 0. The van der Waals surface area contributed by atoms with Gasteiger partial charge in [0.05, 0.1) is 24.3 Å². The van der Waals surface area contributed by atoms with Gasteiger partial charge in [0, 0.05) is 20.0 Å². The van der Waals surface area contributed by atoms with Crippen LogP contribution < -0.4 is 5.90 Å². The quantitative estimate of drug-likeness (QED) is 0.778. The van der Waals surface area contributed by atoms with Crippen molar-refractivity contribution in [3.05, 3.63) is 17.7 Å². The Bertz CT molecular complexity index is 444. The summed E-state index contributed by atoms with van der Waals surface area (Å²) in [5, 5.41) is 0. The smallest absolute Gasteiger partial charge is 0.223 e. The van der Waals surface area contributed by atoms with Crippen LogP contribution in [0.15, 0.2) is 6.33 Å². The molecule has 6 heteroatoms. The molecule has 0 radical (unpaired) electrons. The van der Waals surface area contributed by atoms with E-state index in [9.17, 15) is 4.79 Å². The van der Waals surface area contributed by atoms with Gasteiger partial charge in [0.2, 0.25) is 5.91 Å². The van der Waals surface area contributed by atoms with Crippen LogP contribution in [0.3, 0.4) is 0 Å². The van der Waals surface area contributed by atoms with Gasteiger partial charge in [0.15, 0.2) is 0 Å². The third-order valence-electron chi connectivity index (χ3n) is 3.70. The average Bonchev–Trinajstić information content (AvgIpc) is 2.88. The maximum Gasteiger partial charge on any atom is 0.223 e. The Hall–Kier alpha value is -1.40. The van der Waals surface area contributed by atoms with Crippen molar-refractivity contribution in [1.82, 2.24) is 14.5 Å². The van der Waals surface area contributed by atoms with Crippen molar-refractivity contribution in [2.75, 3.05) is 6.54 Å². The van der Waals surface area contributed by atoms with Crippen LogP contribution in [0, 0.1) is 5.92 Å². The molecule has 1 aromatic heterocycles. The highest BCUT2D eigenvalue weighted by Crippen LogP contribution is 2.24. The lowest BCUT2D eigenvalue weighted by atomic mass is 10.0. The van der Waals surface area contributed by atoms with Crippen LogP contribution in [-0.4, -0.2) is 26.9 Å². The van der Waals surface area contributed by atoms with Crippen molar-refractivity contribution >= 4 is 5.91 Å². The zero-order valence-corrected chi connectivity index (χ0v) is 11.6. The number of nitrogens with two attached hydrogens (primary N) is 1. The second-order valence-corrected chi connectivity index (χ2v) is 5.19. The third kappa shape index (κ3) is 3.13. The number of hydrogen-bond acceptors (Lipinski definition) is 4. The number of amides is 1. The zero-order chi connectivity index (χ0) is 13.8. The lowest BCUT2D eigenvalue weighted by molar-refractivity contribution is -0.128. The number of imidazole rings is 1. The summed E-state index contributed by atoms with van der Waals surface area (Å²) in [5.74, 6) is 5.84. The van der Waals surface area contributed by atoms with Gasteiger partial charge in [-0.1, -0.05) is 13.3 Å². The van der Waals surface area contributed by atoms with Crippen molar-refractivity contribution in [3.63, 3.8) is 0 Å². The lowest BCUT2D eigenvalue weighted by Gasteiger charge is -2.17. The largest absolute Gasteiger partial charge is 0.337 e. The molecule has 0 aromatic carbocycles. The molecule has 106 valence electrons. The maximum absolute atomic E-state index is 12.0. The van der Waals surface area contributed by atoms with Gasteiger partial charge < -0.3 is 9.47 Å². The molecule has 0 aliphatic carbocycles. The molecule has 1 aliphatic rings. The molecule has 0 spiro atoms. The number of hydrogen-bond donors (Lipinski definition) is 1. The monoisotopic (exact) mass is 266 g/mol. The number of carbonyl (C=O) groups is 1. The van der Waals surface area contributed by atoms with E-state index in [1.54, 1.807) is 6.33 Å². The minimum Gasteiger partial charge on any atom is -0.337 e. The summed E-state index contributed by atoms with van der Waals surface area (Å²) >= 11 is 0. The van der Waals surface area contributed by atoms with Gasteiger partial charge >= 0.3 is 0 Å². The molecule has 2 rings (SSSR count). The Morgan fingerprint density at radius 2 is 2.37 bits per heavy atom. The van der Waals surface area contributed by atoms with E-state index < -0.39 is 0 Å². The Kier molecular flexibility index (Phi) is 4.55. The topological polar surface area (TPSA) is 73.4 Å². The van der Waals surface area contributed by atoms with E-state index in [-0.39, 0.29) is 12.5 Å². The van der Waals surface area contributed by atoms with Crippen LogP contribution in [0.1, 0.15) is 37.6 Å². The summed E-state index contributed by atoms with van der Waals surface area (Å²) in [5.41, 5.74) is 1.80. The van der Waals surface area contributed by atoms with Crippen LogP contribution in [0.2, 0.25) is 0 Å². The van der Waals surface area contributed by atoms with Crippen LogP contribution in [-0.2, 0) is 29.8 Å². The highest BCUT2D eigenvalue weighted by Gasteiger charge is 2.29. The Labute approximate surface area is 113 Å². The molecule has 1 saturated heterocycles. The molecular formula is C13H22N4O2. The van der Waals surface area contributed by atoms with Crippen molar-refractivity contribution in [1.29, 1.82) is 0 Å². The van der Waals surface area contributed by atoms with Gasteiger partial charge in [-0.3, -0.25) is 9.63 Å². The zero-order valence-electron chi connectivity index (χ0n) is 11.6. The molecule has 1 unspecified atom stereocenters. The number of nitrogens with zero attached hydrogens (tertiary/aromatic N) is 3. The minimum atomic E-state index is 0.235.